The fourth-order valence-corrected chi connectivity index (χ4v) is 3.41. The number of halogens is 1. The molecule has 0 saturated heterocycles. The molecule has 1 N–H and O–H groups in total. The molecule has 1 amide bonds. The molecule has 0 aliphatic heterocycles. The normalized spacial score (nSPS) is 10.6. The van der Waals surface area contributed by atoms with Gasteiger partial charge in [-0.05, 0) is 24.1 Å². The van der Waals surface area contributed by atoms with E-state index in [0.717, 1.165) is 28.0 Å². The van der Waals surface area contributed by atoms with Crippen molar-refractivity contribution in [1.82, 2.24) is 10.2 Å². The van der Waals surface area contributed by atoms with Gasteiger partial charge in [0.15, 0.2) is 4.34 Å². The summed E-state index contributed by atoms with van der Waals surface area (Å²) in [6, 6.07) is 7.72. The summed E-state index contributed by atoms with van der Waals surface area (Å²) in [5.41, 5.74) is 1.17. The first-order valence-corrected chi connectivity index (χ1v) is 8.86. The van der Waals surface area contributed by atoms with Crippen LogP contribution in [-0.4, -0.2) is 16.1 Å². The fourth-order valence-electron chi connectivity index (χ4n) is 1.56. The third-order valence-electron chi connectivity index (χ3n) is 2.69. The monoisotopic (exact) mass is 341 g/mol. The van der Waals surface area contributed by atoms with Gasteiger partial charge in [-0.25, -0.2) is 0 Å². The van der Waals surface area contributed by atoms with Gasteiger partial charge in [0.2, 0.25) is 11.0 Å². The van der Waals surface area contributed by atoms with E-state index in [0.29, 0.717) is 11.6 Å². The number of benzene rings is 1. The van der Waals surface area contributed by atoms with Crippen LogP contribution in [-0.2, 0) is 10.5 Å². The fraction of sp³-hybridized carbons (Fsp3) is 0.357. The number of hydrogen-bond donors (Lipinski definition) is 1. The van der Waals surface area contributed by atoms with Crippen LogP contribution in [0.5, 0.6) is 0 Å². The maximum Gasteiger partial charge on any atom is 0.226 e. The van der Waals surface area contributed by atoms with E-state index in [4.69, 9.17) is 11.6 Å². The molecular weight excluding hydrogens is 326 g/mol. The van der Waals surface area contributed by atoms with E-state index < -0.39 is 0 Å². The van der Waals surface area contributed by atoms with Crippen molar-refractivity contribution in [1.29, 1.82) is 0 Å². The van der Waals surface area contributed by atoms with Crippen LogP contribution >= 0.6 is 34.7 Å². The highest BCUT2D eigenvalue weighted by atomic mass is 35.5. The third-order valence-corrected chi connectivity index (χ3v) is 4.98. The highest BCUT2D eigenvalue weighted by Gasteiger charge is 2.08. The Kier molecular flexibility index (Phi) is 6.48. The van der Waals surface area contributed by atoms with Crippen molar-refractivity contribution in [2.24, 2.45) is 0 Å². The zero-order chi connectivity index (χ0) is 15.1. The van der Waals surface area contributed by atoms with Crippen molar-refractivity contribution in [3.05, 3.63) is 34.9 Å². The van der Waals surface area contributed by atoms with Gasteiger partial charge in [-0.1, -0.05) is 60.2 Å². The molecule has 0 atom stereocenters. The minimum absolute atomic E-state index is 0.00208. The Labute approximate surface area is 137 Å². The van der Waals surface area contributed by atoms with E-state index >= 15 is 0 Å². The summed E-state index contributed by atoms with van der Waals surface area (Å²) >= 11 is 8.84. The number of aromatic nitrogens is 2. The molecule has 0 radical (unpaired) electrons. The van der Waals surface area contributed by atoms with Gasteiger partial charge in [0.25, 0.3) is 0 Å². The van der Waals surface area contributed by atoms with Gasteiger partial charge in [0.05, 0.1) is 0 Å². The van der Waals surface area contributed by atoms with Gasteiger partial charge in [0, 0.05) is 17.2 Å². The molecule has 0 bridgehead atoms. The molecule has 0 aliphatic carbocycles. The maximum absolute atomic E-state index is 11.6. The first-order valence-electron chi connectivity index (χ1n) is 6.68. The maximum atomic E-state index is 11.6. The Hall–Kier alpha value is -1.11. The van der Waals surface area contributed by atoms with Crippen LogP contribution in [0.15, 0.2) is 28.6 Å². The van der Waals surface area contributed by atoms with E-state index in [2.05, 4.69) is 22.4 Å². The predicted molar refractivity (Wildman–Crippen MR) is 89.1 cm³/mol. The quantitative estimate of drug-likeness (QED) is 0.590. The predicted octanol–water partition coefficient (Wildman–Crippen LogP) is 4.61. The smallest absolute Gasteiger partial charge is 0.226 e. The van der Waals surface area contributed by atoms with Crippen LogP contribution in [0.2, 0.25) is 5.02 Å². The van der Waals surface area contributed by atoms with E-state index in [1.807, 2.05) is 24.3 Å². The Bertz CT molecular complexity index is 586. The van der Waals surface area contributed by atoms with E-state index in [1.165, 1.54) is 16.9 Å². The average Bonchev–Trinajstić information content (AvgIpc) is 2.92. The number of carbonyl (C=O) groups excluding carboxylic acids is 1. The molecule has 0 aliphatic rings. The van der Waals surface area contributed by atoms with Crippen LogP contribution in [0.4, 0.5) is 5.13 Å². The van der Waals surface area contributed by atoms with Crippen LogP contribution in [0.1, 0.15) is 31.7 Å². The summed E-state index contributed by atoms with van der Waals surface area (Å²) in [5, 5.41) is 12.1. The summed E-state index contributed by atoms with van der Waals surface area (Å²) in [6.07, 6.45) is 2.43. The minimum Gasteiger partial charge on any atom is -0.301 e. The van der Waals surface area contributed by atoms with E-state index in [-0.39, 0.29) is 5.91 Å². The number of unbranched alkanes of at least 4 members (excludes halogenated alkanes) is 1. The van der Waals surface area contributed by atoms with Crippen molar-refractivity contribution in [2.45, 2.75) is 36.3 Å². The summed E-state index contributed by atoms with van der Waals surface area (Å²) in [7, 11) is 0. The Morgan fingerprint density at radius 2 is 2.10 bits per heavy atom. The summed E-state index contributed by atoms with van der Waals surface area (Å²) in [4.78, 5) is 11.6. The molecule has 1 aromatic carbocycles. The van der Waals surface area contributed by atoms with Gasteiger partial charge < -0.3 is 5.32 Å². The van der Waals surface area contributed by atoms with Crippen molar-refractivity contribution in [3.63, 3.8) is 0 Å². The van der Waals surface area contributed by atoms with E-state index in [9.17, 15) is 4.79 Å². The van der Waals surface area contributed by atoms with Gasteiger partial charge in [0.1, 0.15) is 0 Å². The van der Waals surface area contributed by atoms with Gasteiger partial charge >= 0.3 is 0 Å². The van der Waals surface area contributed by atoms with Crippen LogP contribution in [0, 0.1) is 0 Å². The number of amides is 1. The molecule has 0 fully saturated rings. The van der Waals surface area contributed by atoms with Crippen LogP contribution in [0.3, 0.4) is 0 Å². The van der Waals surface area contributed by atoms with Crippen LogP contribution < -0.4 is 5.32 Å². The highest BCUT2D eigenvalue weighted by Crippen LogP contribution is 2.28. The van der Waals surface area contributed by atoms with Gasteiger partial charge in [-0.2, -0.15) is 0 Å². The number of carbonyl (C=O) groups is 1. The minimum atomic E-state index is 0.00208. The zero-order valence-corrected chi connectivity index (χ0v) is 14.0. The second kappa shape index (κ2) is 8.36. The first kappa shape index (κ1) is 16.3. The van der Waals surface area contributed by atoms with Gasteiger partial charge in [-0.3, -0.25) is 4.79 Å². The third kappa shape index (κ3) is 5.65. The first-order chi connectivity index (χ1) is 10.2. The molecule has 112 valence electrons. The van der Waals surface area contributed by atoms with Crippen molar-refractivity contribution >= 4 is 45.7 Å². The second-order valence-electron chi connectivity index (χ2n) is 4.44. The largest absolute Gasteiger partial charge is 0.301 e. The lowest BCUT2D eigenvalue weighted by Gasteiger charge is -1.99. The number of rotatable bonds is 7. The molecule has 0 saturated carbocycles. The summed E-state index contributed by atoms with van der Waals surface area (Å²) in [6.45, 7) is 2.06. The molecule has 7 heteroatoms. The number of thioether (sulfide) groups is 1. The molecule has 4 nitrogen and oxygen atoms in total. The van der Waals surface area contributed by atoms with Crippen LogP contribution in [0.25, 0.3) is 0 Å². The molecule has 2 aromatic rings. The Morgan fingerprint density at radius 3 is 2.81 bits per heavy atom. The highest BCUT2D eigenvalue weighted by molar-refractivity contribution is 8.00. The van der Waals surface area contributed by atoms with Crippen molar-refractivity contribution < 1.29 is 4.79 Å². The molecular formula is C14H16ClN3OS2. The molecule has 1 heterocycles. The van der Waals surface area contributed by atoms with Gasteiger partial charge in [-0.15, -0.1) is 10.2 Å². The average molecular weight is 342 g/mol. The number of nitrogens with zero attached hydrogens (tertiary/aromatic N) is 2. The lowest BCUT2D eigenvalue weighted by Crippen LogP contribution is -2.10. The lowest BCUT2D eigenvalue weighted by atomic mass is 10.2. The molecule has 2 rings (SSSR count). The van der Waals surface area contributed by atoms with Crippen molar-refractivity contribution in [3.8, 4) is 0 Å². The lowest BCUT2D eigenvalue weighted by molar-refractivity contribution is -0.116. The van der Waals surface area contributed by atoms with E-state index in [1.54, 1.807) is 11.8 Å². The Balaban J connectivity index is 1.82. The Morgan fingerprint density at radius 1 is 1.33 bits per heavy atom. The standard InChI is InChI=1S/C14H16ClN3OS2/c1-2-3-4-12(19)16-13-17-18-14(21-13)20-9-10-5-7-11(15)8-6-10/h5-8H,2-4,9H2,1H3,(H,16,17,19). The zero-order valence-electron chi connectivity index (χ0n) is 11.6. The molecule has 0 unspecified atom stereocenters. The summed E-state index contributed by atoms with van der Waals surface area (Å²) < 4.78 is 0.843. The molecule has 0 spiro atoms. The number of hydrogen-bond acceptors (Lipinski definition) is 5. The SMILES string of the molecule is CCCCC(=O)Nc1nnc(SCc2ccc(Cl)cc2)s1. The summed E-state index contributed by atoms with van der Waals surface area (Å²) in [5.74, 6) is 0.803. The van der Waals surface area contributed by atoms with Crippen molar-refractivity contribution in [2.75, 3.05) is 5.32 Å². The molecule has 21 heavy (non-hydrogen) atoms. The number of anilines is 1. The number of nitrogens with one attached hydrogen (secondary N) is 1. The second-order valence-corrected chi connectivity index (χ2v) is 7.08. The topological polar surface area (TPSA) is 54.9 Å². The molecule has 1 aromatic heterocycles.